The molecule has 3 heteroatoms. The van der Waals surface area contributed by atoms with Crippen molar-refractivity contribution in [1.82, 2.24) is 10.2 Å². The fourth-order valence-electron chi connectivity index (χ4n) is 2.77. The van der Waals surface area contributed by atoms with E-state index in [4.69, 9.17) is 0 Å². The number of thioether (sulfide) groups is 1. The van der Waals surface area contributed by atoms with Gasteiger partial charge in [-0.15, -0.1) is 0 Å². The third-order valence-corrected chi connectivity index (χ3v) is 5.16. The minimum Gasteiger partial charge on any atom is -0.312 e. The molecular weight excluding hydrogens is 228 g/mol. The molecule has 17 heavy (non-hydrogen) atoms. The quantitative estimate of drug-likeness (QED) is 0.832. The summed E-state index contributed by atoms with van der Waals surface area (Å²) in [6, 6.07) is 0. The third-order valence-electron chi connectivity index (χ3n) is 3.78. The number of hydrogen-bond donors (Lipinski definition) is 1. The van der Waals surface area contributed by atoms with Gasteiger partial charge in [-0.05, 0) is 64.8 Å². The smallest absolute Gasteiger partial charge is 0.0175 e. The van der Waals surface area contributed by atoms with E-state index in [1.54, 1.807) is 0 Å². The first-order chi connectivity index (χ1) is 8.03. The van der Waals surface area contributed by atoms with E-state index in [1.165, 1.54) is 51.2 Å². The lowest BCUT2D eigenvalue weighted by molar-refractivity contribution is 0.310. The molecule has 0 aromatic heterocycles. The maximum Gasteiger partial charge on any atom is 0.0175 e. The summed E-state index contributed by atoms with van der Waals surface area (Å²) in [6.45, 7) is 12.0. The van der Waals surface area contributed by atoms with Gasteiger partial charge in [0.1, 0.15) is 0 Å². The molecule has 2 rings (SSSR count). The fourth-order valence-corrected chi connectivity index (χ4v) is 4.09. The van der Waals surface area contributed by atoms with Crippen LogP contribution in [0.3, 0.4) is 0 Å². The van der Waals surface area contributed by atoms with Gasteiger partial charge in [0.25, 0.3) is 0 Å². The van der Waals surface area contributed by atoms with Gasteiger partial charge in [0.2, 0.25) is 0 Å². The number of nitrogens with one attached hydrogen (secondary N) is 1. The Morgan fingerprint density at radius 3 is 2.76 bits per heavy atom. The highest BCUT2D eigenvalue weighted by Gasteiger charge is 2.26. The SMILES string of the molecule is CC(C)(C)NCC1CCN(CC2CCCS2)C1. The molecule has 0 aliphatic carbocycles. The lowest BCUT2D eigenvalue weighted by Crippen LogP contribution is -2.40. The molecule has 2 aliphatic rings. The van der Waals surface area contributed by atoms with E-state index in [0.29, 0.717) is 0 Å². The van der Waals surface area contributed by atoms with Crippen LogP contribution in [0.15, 0.2) is 0 Å². The van der Waals surface area contributed by atoms with Gasteiger partial charge in [0.15, 0.2) is 0 Å². The highest BCUT2D eigenvalue weighted by atomic mass is 32.2. The van der Waals surface area contributed by atoms with Crippen LogP contribution in [0, 0.1) is 5.92 Å². The van der Waals surface area contributed by atoms with Crippen LogP contribution in [-0.2, 0) is 0 Å². The molecule has 2 heterocycles. The number of likely N-dealkylation sites (tertiary alicyclic amines) is 1. The Hall–Kier alpha value is 0.270. The zero-order valence-electron chi connectivity index (χ0n) is 11.7. The predicted octanol–water partition coefficient (Wildman–Crippen LogP) is 2.59. The van der Waals surface area contributed by atoms with Crippen LogP contribution in [-0.4, -0.2) is 47.6 Å². The van der Waals surface area contributed by atoms with Gasteiger partial charge >= 0.3 is 0 Å². The first-order valence-electron chi connectivity index (χ1n) is 7.12. The van der Waals surface area contributed by atoms with Crippen molar-refractivity contribution in [2.24, 2.45) is 5.92 Å². The summed E-state index contributed by atoms with van der Waals surface area (Å²) in [5.41, 5.74) is 0.273. The lowest BCUT2D eigenvalue weighted by Gasteiger charge is -2.24. The number of nitrogens with zero attached hydrogens (tertiary/aromatic N) is 1. The van der Waals surface area contributed by atoms with Gasteiger partial charge < -0.3 is 10.2 Å². The summed E-state index contributed by atoms with van der Waals surface area (Å²) < 4.78 is 0. The Kier molecular flexibility index (Phi) is 4.79. The van der Waals surface area contributed by atoms with E-state index in [0.717, 1.165) is 11.2 Å². The standard InChI is InChI=1S/C14H28N2S/c1-14(2,3)15-9-12-6-7-16(10-12)11-13-5-4-8-17-13/h12-13,15H,4-11H2,1-3H3. The van der Waals surface area contributed by atoms with Crippen LogP contribution < -0.4 is 5.32 Å². The van der Waals surface area contributed by atoms with Crippen molar-refractivity contribution in [2.75, 3.05) is 31.9 Å². The molecule has 0 bridgehead atoms. The van der Waals surface area contributed by atoms with E-state index >= 15 is 0 Å². The van der Waals surface area contributed by atoms with Crippen molar-refractivity contribution in [2.45, 2.75) is 50.8 Å². The van der Waals surface area contributed by atoms with Crippen molar-refractivity contribution in [3.8, 4) is 0 Å². The fraction of sp³-hybridized carbons (Fsp3) is 1.00. The van der Waals surface area contributed by atoms with Crippen LogP contribution in [0.4, 0.5) is 0 Å². The summed E-state index contributed by atoms with van der Waals surface area (Å²) in [5, 5.41) is 4.58. The van der Waals surface area contributed by atoms with Gasteiger partial charge in [-0.25, -0.2) is 0 Å². The Morgan fingerprint density at radius 1 is 1.29 bits per heavy atom. The maximum absolute atomic E-state index is 3.65. The van der Waals surface area contributed by atoms with Crippen molar-refractivity contribution in [3.63, 3.8) is 0 Å². The predicted molar refractivity (Wildman–Crippen MR) is 77.8 cm³/mol. The van der Waals surface area contributed by atoms with Gasteiger partial charge in [-0.3, -0.25) is 0 Å². The van der Waals surface area contributed by atoms with Gasteiger partial charge in [0.05, 0.1) is 0 Å². The molecule has 0 aromatic carbocycles. The Labute approximate surface area is 111 Å². The summed E-state index contributed by atoms with van der Waals surface area (Å²) in [5.74, 6) is 2.27. The minimum atomic E-state index is 0.273. The van der Waals surface area contributed by atoms with Crippen LogP contribution in [0.25, 0.3) is 0 Å². The van der Waals surface area contributed by atoms with E-state index in [2.05, 4.69) is 42.7 Å². The molecule has 0 aromatic rings. The first-order valence-corrected chi connectivity index (χ1v) is 8.17. The average Bonchev–Trinajstić information content (AvgIpc) is 2.86. The Bertz CT molecular complexity index is 231. The zero-order chi connectivity index (χ0) is 12.3. The second-order valence-electron chi connectivity index (χ2n) is 6.68. The van der Waals surface area contributed by atoms with E-state index in [1.807, 2.05) is 0 Å². The molecule has 2 saturated heterocycles. The van der Waals surface area contributed by atoms with Crippen molar-refractivity contribution in [1.29, 1.82) is 0 Å². The van der Waals surface area contributed by atoms with E-state index in [-0.39, 0.29) is 5.54 Å². The van der Waals surface area contributed by atoms with Gasteiger partial charge in [0, 0.05) is 23.9 Å². The summed E-state index contributed by atoms with van der Waals surface area (Å²) >= 11 is 2.19. The zero-order valence-corrected chi connectivity index (χ0v) is 12.5. The van der Waals surface area contributed by atoms with Crippen molar-refractivity contribution < 1.29 is 0 Å². The number of rotatable bonds is 4. The van der Waals surface area contributed by atoms with Gasteiger partial charge in [-0.1, -0.05) is 0 Å². The number of hydrogen-bond acceptors (Lipinski definition) is 3. The molecule has 0 radical (unpaired) electrons. The molecule has 0 saturated carbocycles. The monoisotopic (exact) mass is 256 g/mol. The van der Waals surface area contributed by atoms with Crippen LogP contribution in [0.1, 0.15) is 40.0 Å². The molecule has 100 valence electrons. The highest BCUT2D eigenvalue weighted by molar-refractivity contribution is 8.00. The van der Waals surface area contributed by atoms with Gasteiger partial charge in [-0.2, -0.15) is 11.8 Å². The molecule has 2 fully saturated rings. The summed E-state index contributed by atoms with van der Waals surface area (Å²) in [6.07, 6.45) is 4.28. The minimum absolute atomic E-state index is 0.273. The highest BCUT2D eigenvalue weighted by Crippen LogP contribution is 2.28. The first kappa shape index (κ1) is 13.7. The van der Waals surface area contributed by atoms with E-state index in [9.17, 15) is 0 Å². The van der Waals surface area contributed by atoms with Crippen LogP contribution in [0.2, 0.25) is 0 Å². The normalized spacial score (nSPS) is 31.2. The average molecular weight is 256 g/mol. The molecule has 1 N–H and O–H groups in total. The maximum atomic E-state index is 3.65. The second kappa shape index (κ2) is 5.94. The molecule has 0 spiro atoms. The summed E-state index contributed by atoms with van der Waals surface area (Å²) in [7, 11) is 0. The largest absolute Gasteiger partial charge is 0.312 e. The van der Waals surface area contributed by atoms with Crippen LogP contribution >= 0.6 is 11.8 Å². The van der Waals surface area contributed by atoms with Crippen LogP contribution in [0.5, 0.6) is 0 Å². The summed E-state index contributed by atoms with van der Waals surface area (Å²) in [4.78, 5) is 2.69. The molecule has 2 aliphatic heterocycles. The molecular formula is C14H28N2S. The van der Waals surface area contributed by atoms with Crippen molar-refractivity contribution >= 4 is 11.8 Å². The third kappa shape index (κ3) is 4.80. The Morgan fingerprint density at radius 2 is 2.12 bits per heavy atom. The molecule has 2 nitrogen and oxygen atoms in total. The lowest BCUT2D eigenvalue weighted by atomic mass is 10.1. The van der Waals surface area contributed by atoms with E-state index < -0.39 is 0 Å². The van der Waals surface area contributed by atoms with Crippen molar-refractivity contribution in [3.05, 3.63) is 0 Å². The Balaban J connectivity index is 1.64. The molecule has 2 atom stereocenters. The molecule has 0 amide bonds. The second-order valence-corrected chi connectivity index (χ2v) is 8.09. The molecule has 2 unspecified atom stereocenters. The topological polar surface area (TPSA) is 15.3 Å².